The third kappa shape index (κ3) is 2.71. The maximum Gasteiger partial charge on any atom is 0.144 e. The first-order valence-corrected chi connectivity index (χ1v) is 10.1. The van der Waals surface area contributed by atoms with Gasteiger partial charge in [0.15, 0.2) is 0 Å². The van der Waals surface area contributed by atoms with Gasteiger partial charge in [0.25, 0.3) is 0 Å². The Morgan fingerprint density at radius 3 is 2.59 bits per heavy atom. The molecule has 4 heteroatoms. The second-order valence-electron chi connectivity index (χ2n) is 7.76. The molecule has 2 aromatic carbocycles. The van der Waals surface area contributed by atoms with Crippen molar-refractivity contribution >= 4 is 21.9 Å². The molecular weight excluding hydrogens is 356 g/mol. The fourth-order valence-corrected chi connectivity index (χ4v) is 4.22. The number of benzene rings is 2. The number of aromatic nitrogens is 4. The molecular formula is C25H20N4. The van der Waals surface area contributed by atoms with Gasteiger partial charge >= 0.3 is 0 Å². The molecule has 0 amide bonds. The fourth-order valence-electron chi connectivity index (χ4n) is 4.22. The van der Waals surface area contributed by atoms with Crippen LogP contribution in [-0.4, -0.2) is 19.5 Å². The minimum absolute atomic E-state index is 0.560. The van der Waals surface area contributed by atoms with Gasteiger partial charge in [0.05, 0.1) is 11.2 Å². The predicted molar refractivity (Wildman–Crippen MR) is 117 cm³/mol. The molecule has 0 radical (unpaired) electrons. The zero-order chi connectivity index (χ0) is 19.2. The Morgan fingerprint density at radius 2 is 1.76 bits per heavy atom. The van der Waals surface area contributed by atoms with Gasteiger partial charge in [-0.3, -0.25) is 0 Å². The van der Waals surface area contributed by atoms with Gasteiger partial charge in [0, 0.05) is 40.3 Å². The van der Waals surface area contributed by atoms with Crippen LogP contribution in [-0.2, 0) is 0 Å². The smallest absolute Gasteiger partial charge is 0.144 e. The van der Waals surface area contributed by atoms with Crippen LogP contribution in [0.15, 0.2) is 79.4 Å². The van der Waals surface area contributed by atoms with Crippen molar-refractivity contribution in [2.45, 2.75) is 25.3 Å². The van der Waals surface area contributed by atoms with Crippen molar-refractivity contribution in [1.29, 1.82) is 0 Å². The molecule has 3 heterocycles. The molecule has 0 aliphatic heterocycles. The van der Waals surface area contributed by atoms with Gasteiger partial charge < -0.3 is 4.57 Å². The summed E-state index contributed by atoms with van der Waals surface area (Å²) in [5.41, 5.74) is 6.51. The first-order valence-electron chi connectivity index (χ1n) is 10.1. The highest BCUT2D eigenvalue weighted by atomic mass is 15.1. The molecule has 0 spiro atoms. The second-order valence-corrected chi connectivity index (χ2v) is 7.76. The summed E-state index contributed by atoms with van der Waals surface area (Å²) in [5.74, 6) is 0. The molecule has 4 nitrogen and oxygen atoms in total. The van der Waals surface area contributed by atoms with Crippen LogP contribution >= 0.6 is 0 Å². The van der Waals surface area contributed by atoms with E-state index >= 15 is 0 Å². The lowest BCUT2D eigenvalue weighted by Gasteiger charge is -2.27. The fraction of sp³-hybridized carbons (Fsp3) is 0.160. The SMILES string of the molecule is c1ccc(-c2ccc3ccc(-c4cn(C5CCC5)c5ncncc45)cc3n2)cc1. The van der Waals surface area contributed by atoms with Gasteiger partial charge in [0.1, 0.15) is 12.0 Å². The number of hydrogen-bond donors (Lipinski definition) is 0. The minimum Gasteiger partial charge on any atom is -0.329 e. The number of hydrogen-bond acceptors (Lipinski definition) is 3. The monoisotopic (exact) mass is 376 g/mol. The summed E-state index contributed by atoms with van der Waals surface area (Å²) in [6.07, 6.45) is 9.60. The van der Waals surface area contributed by atoms with E-state index in [2.05, 4.69) is 63.2 Å². The number of rotatable bonds is 3. The van der Waals surface area contributed by atoms with Crippen molar-refractivity contribution in [3.05, 3.63) is 79.4 Å². The molecule has 6 rings (SSSR count). The molecule has 0 bridgehead atoms. The lowest BCUT2D eigenvalue weighted by Crippen LogP contribution is -2.16. The first-order chi connectivity index (χ1) is 14.4. The quantitative estimate of drug-likeness (QED) is 0.386. The first kappa shape index (κ1) is 16.4. The Morgan fingerprint density at radius 1 is 0.897 bits per heavy atom. The minimum atomic E-state index is 0.560. The van der Waals surface area contributed by atoms with Gasteiger partial charge in [-0.15, -0.1) is 0 Å². The van der Waals surface area contributed by atoms with Crippen LogP contribution < -0.4 is 0 Å². The lowest BCUT2D eigenvalue weighted by atomic mass is 9.93. The molecule has 0 N–H and O–H groups in total. The van der Waals surface area contributed by atoms with Gasteiger partial charge in [0.2, 0.25) is 0 Å². The zero-order valence-electron chi connectivity index (χ0n) is 16.0. The Labute approximate surface area is 168 Å². The van der Waals surface area contributed by atoms with Crippen molar-refractivity contribution in [3.63, 3.8) is 0 Å². The van der Waals surface area contributed by atoms with Crippen molar-refractivity contribution in [2.24, 2.45) is 0 Å². The lowest BCUT2D eigenvalue weighted by molar-refractivity contribution is 0.320. The number of nitrogens with zero attached hydrogens (tertiary/aromatic N) is 4. The van der Waals surface area contributed by atoms with Crippen LogP contribution in [0.25, 0.3) is 44.3 Å². The molecule has 0 saturated heterocycles. The summed E-state index contributed by atoms with van der Waals surface area (Å²) in [4.78, 5) is 13.8. The second kappa shape index (κ2) is 6.52. The van der Waals surface area contributed by atoms with E-state index in [1.54, 1.807) is 6.33 Å². The molecule has 29 heavy (non-hydrogen) atoms. The Bertz CT molecular complexity index is 1330. The van der Waals surface area contributed by atoms with Crippen molar-refractivity contribution < 1.29 is 0 Å². The van der Waals surface area contributed by atoms with Crippen molar-refractivity contribution in [3.8, 4) is 22.4 Å². The van der Waals surface area contributed by atoms with Crippen LogP contribution in [0.3, 0.4) is 0 Å². The van der Waals surface area contributed by atoms with Crippen molar-refractivity contribution in [1.82, 2.24) is 19.5 Å². The van der Waals surface area contributed by atoms with E-state index in [-0.39, 0.29) is 0 Å². The van der Waals surface area contributed by atoms with Gasteiger partial charge in [-0.1, -0.05) is 48.5 Å². The maximum absolute atomic E-state index is 4.94. The van der Waals surface area contributed by atoms with Gasteiger partial charge in [-0.25, -0.2) is 15.0 Å². The highest BCUT2D eigenvalue weighted by Crippen LogP contribution is 2.38. The summed E-state index contributed by atoms with van der Waals surface area (Å²) < 4.78 is 2.34. The molecule has 1 aliphatic rings. The van der Waals surface area contributed by atoms with Crippen LogP contribution in [0.5, 0.6) is 0 Å². The average Bonchev–Trinajstić information content (AvgIpc) is 3.12. The van der Waals surface area contributed by atoms with E-state index in [1.165, 1.54) is 24.8 Å². The maximum atomic E-state index is 4.94. The predicted octanol–water partition coefficient (Wildman–Crippen LogP) is 6.04. The molecule has 1 fully saturated rings. The third-order valence-corrected chi connectivity index (χ3v) is 6.03. The van der Waals surface area contributed by atoms with Crippen LogP contribution in [0, 0.1) is 0 Å². The highest BCUT2D eigenvalue weighted by Gasteiger charge is 2.23. The summed E-state index contributed by atoms with van der Waals surface area (Å²) in [6.45, 7) is 0. The standard InChI is InChI=1S/C25H20N4/c1-2-5-17(6-3-1)23-12-11-18-9-10-19(13-24(18)28-23)22-15-29(20-7-4-8-20)25-21(22)14-26-16-27-25/h1-3,5-6,9-16,20H,4,7-8H2. The van der Waals surface area contributed by atoms with E-state index < -0.39 is 0 Å². The summed E-state index contributed by atoms with van der Waals surface area (Å²) in [7, 11) is 0. The molecule has 0 unspecified atom stereocenters. The molecule has 1 aliphatic carbocycles. The van der Waals surface area contributed by atoms with E-state index in [1.807, 2.05) is 24.4 Å². The van der Waals surface area contributed by atoms with E-state index in [9.17, 15) is 0 Å². The number of fused-ring (bicyclic) bond motifs is 2. The third-order valence-electron chi connectivity index (χ3n) is 6.03. The Hall–Kier alpha value is -3.53. The van der Waals surface area contributed by atoms with E-state index in [4.69, 9.17) is 4.98 Å². The van der Waals surface area contributed by atoms with Gasteiger partial charge in [-0.05, 0) is 37.0 Å². The van der Waals surface area contributed by atoms with Crippen LogP contribution in [0.4, 0.5) is 0 Å². The van der Waals surface area contributed by atoms with Gasteiger partial charge in [-0.2, -0.15) is 0 Å². The van der Waals surface area contributed by atoms with Crippen LogP contribution in [0.2, 0.25) is 0 Å². The summed E-state index contributed by atoms with van der Waals surface area (Å²) >= 11 is 0. The average molecular weight is 376 g/mol. The Balaban J connectivity index is 1.51. The highest BCUT2D eigenvalue weighted by molar-refractivity contribution is 5.96. The van der Waals surface area contributed by atoms with Crippen molar-refractivity contribution in [2.75, 3.05) is 0 Å². The largest absolute Gasteiger partial charge is 0.329 e. The topological polar surface area (TPSA) is 43.6 Å². The zero-order valence-corrected chi connectivity index (χ0v) is 16.0. The van der Waals surface area contributed by atoms with Crippen LogP contribution in [0.1, 0.15) is 25.3 Å². The number of pyridine rings is 1. The molecule has 0 atom stereocenters. The molecule has 3 aromatic heterocycles. The summed E-state index contributed by atoms with van der Waals surface area (Å²) in [6, 6.07) is 21.6. The van der Waals surface area contributed by atoms with E-state index in [0.717, 1.165) is 38.8 Å². The Kier molecular flexibility index (Phi) is 3.69. The normalized spacial score (nSPS) is 14.3. The molecule has 5 aromatic rings. The molecule has 1 saturated carbocycles. The van der Waals surface area contributed by atoms with E-state index in [0.29, 0.717) is 6.04 Å². The molecule has 140 valence electrons. The summed E-state index contributed by atoms with van der Waals surface area (Å²) in [5, 5.41) is 2.25.